The average Bonchev–Trinajstić information content (AvgIpc) is 2.36. The number of fused-ring (bicyclic) bond motifs is 3. The highest BCUT2D eigenvalue weighted by molar-refractivity contribution is 9.10. The van der Waals surface area contributed by atoms with E-state index in [0.29, 0.717) is 11.7 Å². The van der Waals surface area contributed by atoms with Crippen LogP contribution in [0.4, 0.5) is 0 Å². The van der Waals surface area contributed by atoms with Crippen LogP contribution < -0.4 is 0 Å². The number of aromatic nitrogens is 1. The maximum Gasteiger partial charge on any atom is 0.153 e. The molecule has 0 N–H and O–H groups in total. The first kappa shape index (κ1) is 11.4. The minimum absolute atomic E-state index is 0.0636. The van der Waals surface area contributed by atoms with Gasteiger partial charge in [0.25, 0.3) is 0 Å². The van der Waals surface area contributed by atoms with Gasteiger partial charge in [-0.25, -0.2) is 0 Å². The molecule has 0 spiro atoms. The van der Waals surface area contributed by atoms with Crippen LogP contribution in [0.15, 0.2) is 22.8 Å². The minimum atomic E-state index is 0.0636. The summed E-state index contributed by atoms with van der Waals surface area (Å²) in [5, 5.41) is 0. The Labute approximate surface area is 109 Å². The van der Waals surface area contributed by atoms with E-state index >= 15 is 0 Å². The lowest BCUT2D eigenvalue weighted by atomic mass is 9.80. The maximum atomic E-state index is 12.2. The van der Waals surface area contributed by atoms with Gasteiger partial charge in [0.1, 0.15) is 0 Å². The van der Waals surface area contributed by atoms with Crippen molar-refractivity contribution in [3.8, 4) is 0 Å². The van der Waals surface area contributed by atoms with Crippen molar-refractivity contribution in [2.75, 3.05) is 13.1 Å². The summed E-state index contributed by atoms with van der Waals surface area (Å²) in [5.74, 6) is 0.743. The standard InChI is InChI=1S/C13H15BrN2O/c14-10-2-1-5-15-11(10)8-12-13(17)9-3-6-16(12)7-4-9/h1-2,5,9,12H,3-4,6-8H2. The largest absolute Gasteiger partial charge is 0.298 e. The Hall–Kier alpha value is -0.740. The van der Waals surface area contributed by atoms with Gasteiger partial charge < -0.3 is 0 Å². The monoisotopic (exact) mass is 294 g/mol. The van der Waals surface area contributed by atoms with E-state index in [-0.39, 0.29) is 6.04 Å². The van der Waals surface area contributed by atoms with E-state index in [1.165, 1.54) is 0 Å². The van der Waals surface area contributed by atoms with Crippen molar-refractivity contribution in [1.82, 2.24) is 9.88 Å². The molecule has 0 radical (unpaired) electrons. The third-order valence-corrected chi connectivity index (χ3v) is 4.64. The van der Waals surface area contributed by atoms with E-state index in [0.717, 1.165) is 42.5 Å². The molecule has 1 atom stereocenters. The third kappa shape index (κ3) is 2.04. The molecule has 2 bridgehead atoms. The number of hydrogen-bond donors (Lipinski definition) is 0. The van der Waals surface area contributed by atoms with Crippen molar-refractivity contribution in [2.45, 2.75) is 25.3 Å². The summed E-state index contributed by atoms with van der Waals surface area (Å²) in [5.41, 5.74) is 0.999. The van der Waals surface area contributed by atoms with Crippen molar-refractivity contribution < 1.29 is 4.79 Å². The van der Waals surface area contributed by atoms with Crippen molar-refractivity contribution in [2.24, 2.45) is 5.92 Å². The van der Waals surface area contributed by atoms with E-state index in [9.17, 15) is 4.79 Å². The molecule has 90 valence electrons. The van der Waals surface area contributed by atoms with Crippen LogP contribution in [-0.2, 0) is 11.2 Å². The molecule has 1 aromatic heterocycles. The van der Waals surface area contributed by atoms with Crippen LogP contribution in [-0.4, -0.2) is 34.8 Å². The molecule has 0 saturated carbocycles. The summed E-state index contributed by atoms with van der Waals surface area (Å²) in [4.78, 5) is 18.9. The lowest BCUT2D eigenvalue weighted by Crippen LogP contribution is -2.56. The molecule has 0 aliphatic carbocycles. The smallest absolute Gasteiger partial charge is 0.153 e. The zero-order valence-electron chi connectivity index (χ0n) is 9.60. The van der Waals surface area contributed by atoms with Crippen LogP contribution in [0.3, 0.4) is 0 Å². The van der Waals surface area contributed by atoms with Gasteiger partial charge in [-0.05, 0) is 54.0 Å². The average molecular weight is 295 g/mol. The summed E-state index contributed by atoms with van der Waals surface area (Å²) < 4.78 is 1.01. The van der Waals surface area contributed by atoms with E-state index in [4.69, 9.17) is 0 Å². The Morgan fingerprint density at radius 2 is 2.18 bits per heavy atom. The highest BCUT2D eigenvalue weighted by Gasteiger charge is 2.40. The second kappa shape index (κ2) is 4.50. The molecule has 1 aromatic rings. The fraction of sp³-hybridized carbons (Fsp3) is 0.538. The maximum absolute atomic E-state index is 12.2. The zero-order valence-corrected chi connectivity index (χ0v) is 11.2. The number of carbonyl (C=O) groups is 1. The van der Waals surface area contributed by atoms with E-state index < -0.39 is 0 Å². The fourth-order valence-corrected chi connectivity index (χ4v) is 3.35. The topological polar surface area (TPSA) is 33.2 Å². The first-order chi connectivity index (χ1) is 8.25. The van der Waals surface area contributed by atoms with Crippen molar-refractivity contribution in [1.29, 1.82) is 0 Å². The predicted octanol–water partition coefficient (Wildman–Crippen LogP) is 2.05. The molecule has 17 heavy (non-hydrogen) atoms. The van der Waals surface area contributed by atoms with Crippen LogP contribution in [0, 0.1) is 5.92 Å². The van der Waals surface area contributed by atoms with Crippen LogP contribution in [0.1, 0.15) is 18.5 Å². The van der Waals surface area contributed by atoms with Gasteiger partial charge in [-0.1, -0.05) is 0 Å². The lowest BCUT2D eigenvalue weighted by Gasteiger charge is -2.44. The van der Waals surface area contributed by atoms with Gasteiger partial charge in [0.05, 0.1) is 11.7 Å². The summed E-state index contributed by atoms with van der Waals surface area (Å²) in [7, 11) is 0. The first-order valence-corrected chi connectivity index (χ1v) is 6.92. The van der Waals surface area contributed by atoms with Crippen LogP contribution in [0.25, 0.3) is 0 Å². The molecule has 3 saturated heterocycles. The second-order valence-electron chi connectivity index (χ2n) is 4.86. The van der Waals surface area contributed by atoms with Crippen molar-refractivity contribution >= 4 is 21.7 Å². The number of ketones is 1. The van der Waals surface area contributed by atoms with Gasteiger partial charge in [0.2, 0.25) is 0 Å². The highest BCUT2D eigenvalue weighted by atomic mass is 79.9. The molecule has 1 unspecified atom stereocenters. The molecule has 0 amide bonds. The number of hydrogen-bond acceptors (Lipinski definition) is 3. The van der Waals surface area contributed by atoms with E-state index in [2.05, 4.69) is 25.8 Å². The van der Waals surface area contributed by atoms with Crippen molar-refractivity contribution in [3.63, 3.8) is 0 Å². The fourth-order valence-electron chi connectivity index (χ4n) is 2.93. The number of Topliss-reactive ketones (excluding diaryl/α,β-unsaturated/α-hetero) is 1. The molecule has 3 nitrogen and oxygen atoms in total. The molecule has 4 heterocycles. The van der Waals surface area contributed by atoms with Crippen LogP contribution in [0.2, 0.25) is 0 Å². The van der Waals surface area contributed by atoms with E-state index in [1.54, 1.807) is 6.20 Å². The summed E-state index contributed by atoms with van der Waals surface area (Å²) in [6.45, 7) is 2.15. The Morgan fingerprint density at radius 3 is 2.82 bits per heavy atom. The minimum Gasteiger partial charge on any atom is -0.298 e. The summed E-state index contributed by atoms with van der Waals surface area (Å²) in [6, 6.07) is 3.96. The summed E-state index contributed by atoms with van der Waals surface area (Å²) in [6.07, 6.45) is 4.65. The predicted molar refractivity (Wildman–Crippen MR) is 68.7 cm³/mol. The van der Waals surface area contributed by atoms with Gasteiger partial charge in [-0.15, -0.1) is 0 Å². The Kier molecular flexibility index (Phi) is 3.01. The van der Waals surface area contributed by atoms with Crippen LogP contribution >= 0.6 is 15.9 Å². The Morgan fingerprint density at radius 1 is 1.41 bits per heavy atom. The molecule has 4 heteroatoms. The van der Waals surface area contributed by atoms with E-state index in [1.807, 2.05) is 12.1 Å². The first-order valence-electron chi connectivity index (χ1n) is 6.13. The molecule has 3 aliphatic rings. The number of rotatable bonds is 2. The Bertz CT molecular complexity index is 441. The number of pyridine rings is 1. The van der Waals surface area contributed by atoms with Crippen LogP contribution in [0.5, 0.6) is 0 Å². The molecular formula is C13H15BrN2O. The molecular weight excluding hydrogens is 280 g/mol. The summed E-state index contributed by atoms with van der Waals surface area (Å²) >= 11 is 3.50. The zero-order chi connectivity index (χ0) is 11.8. The lowest BCUT2D eigenvalue weighted by molar-refractivity contribution is -0.136. The molecule has 0 aromatic carbocycles. The van der Waals surface area contributed by atoms with Gasteiger partial charge in [-0.2, -0.15) is 0 Å². The number of nitrogens with zero attached hydrogens (tertiary/aromatic N) is 2. The number of piperidine rings is 3. The molecule has 4 rings (SSSR count). The normalized spacial score (nSPS) is 31.8. The quantitative estimate of drug-likeness (QED) is 0.837. The third-order valence-electron chi connectivity index (χ3n) is 3.92. The second-order valence-corrected chi connectivity index (χ2v) is 5.72. The SMILES string of the molecule is O=C1C2CCN(CC2)C1Cc1ncccc1Br. The molecule has 3 fully saturated rings. The van der Waals surface area contributed by atoms with Crippen molar-refractivity contribution in [3.05, 3.63) is 28.5 Å². The van der Waals surface area contributed by atoms with Gasteiger partial charge in [0, 0.05) is 23.0 Å². The van der Waals surface area contributed by atoms with Gasteiger partial charge in [0.15, 0.2) is 5.78 Å². The molecule has 3 aliphatic heterocycles. The highest BCUT2D eigenvalue weighted by Crippen LogP contribution is 2.31. The number of halogens is 1. The van der Waals surface area contributed by atoms with Gasteiger partial charge >= 0.3 is 0 Å². The van der Waals surface area contributed by atoms with Gasteiger partial charge in [-0.3, -0.25) is 14.7 Å². The Balaban J connectivity index is 1.81. The number of carbonyl (C=O) groups excluding carboxylic acids is 1.